The van der Waals surface area contributed by atoms with E-state index in [2.05, 4.69) is 142 Å². The topological polar surface area (TPSA) is 78.9 Å². The van der Waals surface area contributed by atoms with Gasteiger partial charge in [0, 0.05) is 19.3 Å². The van der Waals surface area contributed by atoms with Crippen molar-refractivity contribution in [1.82, 2.24) is 0 Å². The van der Waals surface area contributed by atoms with Crippen molar-refractivity contribution in [2.24, 2.45) is 0 Å². The Balaban J connectivity index is 4.13. The van der Waals surface area contributed by atoms with E-state index in [4.69, 9.17) is 14.2 Å². The minimum atomic E-state index is -0.787. The van der Waals surface area contributed by atoms with Crippen molar-refractivity contribution in [3.05, 3.63) is 122 Å². The molecular formula is C69H114O6. The highest BCUT2D eigenvalue weighted by Crippen LogP contribution is 2.15. The van der Waals surface area contributed by atoms with Gasteiger partial charge >= 0.3 is 17.9 Å². The molecule has 0 saturated carbocycles. The maximum Gasteiger partial charge on any atom is 0.306 e. The number of hydrogen-bond acceptors (Lipinski definition) is 6. The lowest BCUT2D eigenvalue weighted by atomic mass is 10.1. The van der Waals surface area contributed by atoms with Crippen molar-refractivity contribution >= 4 is 17.9 Å². The molecule has 0 bridgehead atoms. The summed E-state index contributed by atoms with van der Waals surface area (Å²) in [5, 5.41) is 0. The van der Waals surface area contributed by atoms with Crippen LogP contribution in [0.5, 0.6) is 0 Å². The molecule has 0 aromatic rings. The smallest absolute Gasteiger partial charge is 0.306 e. The van der Waals surface area contributed by atoms with Gasteiger partial charge < -0.3 is 14.2 Å². The molecule has 6 nitrogen and oxygen atoms in total. The summed E-state index contributed by atoms with van der Waals surface area (Å²) in [7, 11) is 0. The first-order valence-corrected chi connectivity index (χ1v) is 31.0. The van der Waals surface area contributed by atoms with Crippen LogP contribution in [0.4, 0.5) is 0 Å². The van der Waals surface area contributed by atoms with Gasteiger partial charge in [-0.2, -0.15) is 0 Å². The van der Waals surface area contributed by atoms with Gasteiger partial charge in [-0.3, -0.25) is 14.4 Å². The number of esters is 3. The van der Waals surface area contributed by atoms with Crippen LogP contribution < -0.4 is 0 Å². The van der Waals surface area contributed by atoms with Crippen molar-refractivity contribution in [1.29, 1.82) is 0 Å². The summed E-state index contributed by atoms with van der Waals surface area (Å²) in [4.78, 5) is 38.0. The predicted molar refractivity (Wildman–Crippen MR) is 325 cm³/mol. The fraction of sp³-hybridized carbons (Fsp3) is 0.667. The Labute approximate surface area is 462 Å². The molecule has 0 aliphatic rings. The molecule has 0 aromatic heterocycles. The average Bonchev–Trinajstić information content (AvgIpc) is 3.41. The van der Waals surface area contributed by atoms with E-state index < -0.39 is 6.10 Å². The second-order valence-corrected chi connectivity index (χ2v) is 20.2. The Hall–Kier alpha value is -4.19. The zero-order valence-corrected chi connectivity index (χ0v) is 48.8. The van der Waals surface area contributed by atoms with E-state index in [1.165, 1.54) is 96.3 Å². The van der Waals surface area contributed by atoms with E-state index in [9.17, 15) is 14.4 Å². The summed E-state index contributed by atoms with van der Waals surface area (Å²) < 4.78 is 16.8. The van der Waals surface area contributed by atoms with Crippen molar-refractivity contribution in [2.45, 2.75) is 284 Å². The lowest BCUT2D eigenvalue weighted by Gasteiger charge is -2.18. The van der Waals surface area contributed by atoms with Crippen LogP contribution in [0.15, 0.2) is 122 Å². The molecular weight excluding hydrogens is 925 g/mol. The highest BCUT2D eigenvalue weighted by Gasteiger charge is 2.19. The molecule has 0 radical (unpaired) electrons. The van der Waals surface area contributed by atoms with Crippen LogP contribution in [0.3, 0.4) is 0 Å². The fourth-order valence-electron chi connectivity index (χ4n) is 8.28. The molecule has 426 valence electrons. The number of hydrogen-bond donors (Lipinski definition) is 0. The lowest BCUT2D eigenvalue weighted by Crippen LogP contribution is -2.30. The normalized spacial score (nSPS) is 12.9. The molecule has 0 N–H and O–H groups in total. The van der Waals surface area contributed by atoms with Crippen LogP contribution >= 0.6 is 0 Å². The van der Waals surface area contributed by atoms with E-state index in [0.717, 1.165) is 141 Å². The molecule has 1 atom stereocenters. The van der Waals surface area contributed by atoms with E-state index in [1.807, 2.05) is 0 Å². The highest BCUT2D eigenvalue weighted by molar-refractivity contribution is 5.71. The number of ether oxygens (including phenoxy) is 3. The van der Waals surface area contributed by atoms with Gasteiger partial charge in [0.2, 0.25) is 0 Å². The first-order chi connectivity index (χ1) is 37.0. The summed E-state index contributed by atoms with van der Waals surface area (Å²) in [6.07, 6.45) is 86.5. The Bertz CT molecular complexity index is 1570. The van der Waals surface area contributed by atoms with Crippen LogP contribution in [0, 0.1) is 0 Å². The minimum Gasteiger partial charge on any atom is -0.462 e. The fourth-order valence-corrected chi connectivity index (χ4v) is 8.28. The van der Waals surface area contributed by atoms with Crippen molar-refractivity contribution < 1.29 is 28.6 Å². The molecule has 75 heavy (non-hydrogen) atoms. The summed E-state index contributed by atoms with van der Waals surface area (Å²) in [5.41, 5.74) is 0. The van der Waals surface area contributed by atoms with Gasteiger partial charge in [-0.15, -0.1) is 0 Å². The van der Waals surface area contributed by atoms with Gasteiger partial charge in [-0.05, 0) is 128 Å². The maximum atomic E-state index is 12.8. The number of unbranched alkanes of at least 4 members (excludes halogenated alkanes) is 24. The SMILES string of the molecule is CC/C=C\C/C=C\C/C=C\C/C=C\C/C=C\C/C=C\C/C=C\C/C=C\CCCCCCCCCCCCC(=O)OCC(COC(=O)CCCCCCC/C=C\CCC)OC(=O)CCCCCCC/C=C\CCCCC. The van der Waals surface area contributed by atoms with Gasteiger partial charge in [-0.25, -0.2) is 0 Å². The quantitative estimate of drug-likeness (QED) is 0.0261. The zero-order chi connectivity index (χ0) is 54.3. The Morgan fingerprint density at radius 2 is 0.547 bits per heavy atom. The highest BCUT2D eigenvalue weighted by atomic mass is 16.6. The number of rotatable bonds is 55. The number of carbonyl (C=O) groups excluding carboxylic acids is 3. The number of allylic oxidation sites excluding steroid dienone is 20. The van der Waals surface area contributed by atoms with Gasteiger partial charge in [0.1, 0.15) is 13.2 Å². The standard InChI is InChI=1S/C69H114O6/c1-4-7-10-13-16-19-22-24-25-26-27-28-29-30-31-32-33-34-35-36-37-38-39-40-41-42-43-44-45-46-48-50-53-56-59-62-68(71)74-65-66(64-73-67(70)61-58-55-52-49-21-18-15-12-9-6-3)75-69(72)63-60-57-54-51-47-23-20-17-14-11-8-5-2/h7,10,12,15-17,19-20,24-25,27-28,30-31,33-34,36-37,39-40,66H,4-6,8-9,11,13-14,18,21-23,26,29,32,35,38,41-65H2,1-3H3/b10-7-,15-12-,19-16-,20-17-,25-24-,28-27-,31-30-,34-33-,37-36-,40-39-. The molecule has 0 fully saturated rings. The van der Waals surface area contributed by atoms with E-state index in [0.29, 0.717) is 19.3 Å². The molecule has 0 aliphatic heterocycles. The van der Waals surface area contributed by atoms with Crippen LogP contribution in [0.2, 0.25) is 0 Å². The third-order valence-electron chi connectivity index (χ3n) is 12.9. The minimum absolute atomic E-state index is 0.0868. The van der Waals surface area contributed by atoms with Gasteiger partial charge in [0.25, 0.3) is 0 Å². The van der Waals surface area contributed by atoms with Crippen molar-refractivity contribution in [2.75, 3.05) is 13.2 Å². The molecule has 0 aromatic carbocycles. The van der Waals surface area contributed by atoms with Gasteiger partial charge in [0.05, 0.1) is 0 Å². The predicted octanol–water partition coefficient (Wildman–Crippen LogP) is 21.2. The Morgan fingerprint density at radius 1 is 0.280 bits per heavy atom. The van der Waals surface area contributed by atoms with Gasteiger partial charge in [0.15, 0.2) is 6.10 Å². The molecule has 6 heteroatoms. The molecule has 0 rings (SSSR count). The molecule has 0 saturated heterocycles. The monoisotopic (exact) mass is 1040 g/mol. The first-order valence-electron chi connectivity index (χ1n) is 31.0. The zero-order valence-electron chi connectivity index (χ0n) is 48.8. The molecule has 0 aliphatic carbocycles. The van der Waals surface area contributed by atoms with E-state index >= 15 is 0 Å². The second-order valence-electron chi connectivity index (χ2n) is 20.2. The summed E-state index contributed by atoms with van der Waals surface area (Å²) in [6.45, 7) is 6.42. The Morgan fingerprint density at radius 3 is 0.880 bits per heavy atom. The Kier molecular flexibility index (Phi) is 58.9. The molecule has 1 unspecified atom stereocenters. The van der Waals surface area contributed by atoms with Crippen LogP contribution in [0.25, 0.3) is 0 Å². The molecule has 0 heterocycles. The summed E-state index contributed by atoms with van der Waals surface area (Å²) in [6, 6.07) is 0. The molecule has 0 spiro atoms. The van der Waals surface area contributed by atoms with Crippen LogP contribution in [0.1, 0.15) is 278 Å². The van der Waals surface area contributed by atoms with E-state index in [1.54, 1.807) is 0 Å². The third kappa shape index (κ3) is 60.6. The van der Waals surface area contributed by atoms with Crippen molar-refractivity contribution in [3.8, 4) is 0 Å². The third-order valence-corrected chi connectivity index (χ3v) is 12.9. The van der Waals surface area contributed by atoms with Crippen molar-refractivity contribution in [3.63, 3.8) is 0 Å². The second kappa shape index (κ2) is 62.4. The van der Waals surface area contributed by atoms with Crippen LogP contribution in [-0.2, 0) is 28.6 Å². The molecule has 0 amide bonds. The lowest BCUT2D eigenvalue weighted by molar-refractivity contribution is -0.167. The van der Waals surface area contributed by atoms with Gasteiger partial charge in [-0.1, -0.05) is 251 Å². The summed E-state index contributed by atoms with van der Waals surface area (Å²) >= 11 is 0. The first kappa shape index (κ1) is 70.8. The maximum absolute atomic E-state index is 12.8. The number of carbonyl (C=O) groups is 3. The summed E-state index contributed by atoms with van der Waals surface area (Å²) in [5.74, 6) is -0.911. The van der Waals surface area contributed by atoms with Crippen LogP contribution in [-0.4, -0.2) is 37.2 Å². The largest absolute Gasteiger partial charge is 0.462 e. The average molecular weight is 1040 g/mol. The van der Waals surface area contributed by atoms with E-state index in [-0.39, 0.29) is 31.1 Å².